The predicted molar refractivity (Wildman–Crippen MR) is 80.6 cm³/mol. The van der Waals surface area contributed by atoms with Crippen LogP contribution in [0, 0.1) is 12.7 Å². The molecule has 0 N–H and O–H groups in total. The lowest BCUT2D eigenvalue weighted by molar-refractivity contribution is 0.0735. The van der Waals surface area contributed by atoms with Crippen molar-refractivity contribution in [1.82, 2.24) is 4.90 Å². The van der Waals surface area contributed by atoms with Crippen LogP contribution in [-0.4, -0.2) is 17.4 Å². The highest BCUT2D eigenvalue weighted by Crippen LogP contribution is 2.33. The van der Waals surface area contributed by atoms with Crippen molar-refractivity contribution >= 4 is 5.91 Å². The van der Waals surface area contributed by atoms with Crippen LogP contribution in [0.15, 0.2) is 48.5 Å². The van der Waals surface area contributed by atoms with Gasteiger partial charge in [0.15, 0.2) is 0 Å². The summed E-state index contributed by atoms with van der Waals surface area (Å²) < 4.78 is 13.1. The molecule has 0 radical (unpaired) electrons. The van der Waals surface area contributed by atoms with Gasteiger partial charge >= 0.3 is 0 Å². The Balaban J connectivity index is 1.85. The minimum absolute atomic E-state index is 0.0550. The minimum Gasteiger partial charge on any atom is -0.332 e. The van der Waals surface area contributed by atoms with Crippen LogP contribution in [0.1, 0.15) is 40.4 Å². The summed E-state index contributed by atoms with van der Waals surface area (Å²) >= 11 is 0. The van der Waals surface area contributed by atoms with Crippen molar-refractivity contribution in [3.63, 3.8) is 0 Å². The van der Waals surface area contributed by atoms with Crippen LogP contribution in [0.2, 0.25) is 0 Å². The summed E-state index contributed by atoms with van der Waals surface area (Å²) in [4.78, 5) is 14.6. The second-order valence-corrected chi connectivity index (χ2v) is 5.57. The molecule has 0 spiro atoms. The van der Waals surface area contributed by atoms with Gasteiger partial charge in [0, 0.05) is 12.1 Å². The van der Waals surface area contributed by atoms with Crippen molar-refractivity contribution in [2.75, 3.05) is 6.54 Å². The monoisotopic (exact) mass is 283 g/mol. The lowest BCUT2D eigenvalue weighted by Crippen LogP contribution is -2.30. The van der Waals surface area contributed by atoms with E-state index in [0.29, 0.717) is 0 Å². The van der Waals surface area contributed by atoms with Crippen LogP contribution in [0.5, 0.6) is 0 Å². The molecule has 0 saturated carbocycles. The third kappa shape index (κ3) is 2.82. The number of halogens is 1. The molecule has 2 nitrogen and oxygen atoms in total. The molecule has 0 aromatic heterocycles. The Hall–Kier alpha value is -2.16. The maximum atomic E-state index is 13.1. The average molecular weight is 283 g/mol. The Morgan fingerprint density at radius 2 is 1.76 bits per heavy atom. The molecule has 1 saturated heterocycles. The van der Waals surface area contributed by atoms with E-state index in [2.05, 4.69) is 0 Å². The summed E-state index contributed by atoms with van der Waals surface area (Å²) in [7, 11) is 0. The van der Waals surface area contributed by atoms with Gasteiger partial charge in [0.1, 0.15) is 5.82 Å². The van der Waals surface area contributed by atoms with Gasteiger partial charge < -0.3 is 4.90 Å². The van der Waals surface area contributed by atoms with Crippen LogP contribution in [0.3, 0.4) is 0 Å². The van der Waals surface area contributed by atoms with Crippen LogP contribution in [0.25, 0.3) is 0 Å². The van der Waals surface area contributed by atoms with E-state index in [9.17, 15) is 9.18 Å². The molecule has 108 valence electrons. The zero-order valence-corrected chi connectivity index (χ0v) is 12.1. The van der Waals surface area contributed by atoms with E-state index in [1.165, 1.54) is 12.1 Å². The van der Waals surface area contributed by atoms with Crippen molar-refractivity contribution in [3.8, 4) is 0 Å². The summed E-state index contributed by atoms with van der Waals surface area (Å²) in [6.07, 6.45) is 1.92. The first kappa shape index (κ1) is 13.8. The van der Waals surface area contributed by atoms with E-state index < -0.39 is 0 Å². The third-order valence-electron chi connectivity index (χ3n) is 4.07. The maximum absolute atomic E-state index is 13.1. The fourth-order valence-corrected chi connectivity index (χ4v) is 2.90. The number of likely N-dealkylation sites (tertiary alicyclic amines) is 1. The molecule has 3 rings (SSSR count). The van der Waals surface area contributed by atoms with Crippen molar-refractivity contribution < 1.29 is 9.18 Å². The third-order valence-corrected chi connectivity index (χ3v) is 4.07. The Labute approximate surface area is 124 Å². The van der Waals surface area contributed by atoms with Gasteiger partial charge in [0.05, 0.1) is 6.04 Å². The number of amides is 1. The van der Waals surface area contributed by atoms with E-state index in [1.807, 2.05) is 36.1 Å². The number of carbonyl (C=O) groups excluding carboxylic acids is 1. The minimum atomic E-state index is -0.242. The maximum Gasteiger partial charge on any atom is 0.254 e. The van der Waals surface area contributed by atoms with Gasteiger partial charge in [0.2, 0.25) is 0 Å². The van der Waals surface area contributed by atoms with Gasteiger partial charge in [-0.3, -0.25) is 4.79 Å². The van der Waals surface area contributed by atoms with E-state index in [1.54, 1.807) is 12.1 Å². The van der Waals surface area contributed by atoms with Crippen LogP contribution in [-0.2, 0) is 0 Å². The highest BCUT2D eigenvalue weighted by molar-refractivity contribution is 5.94. The van der Waals surface area contributed by atoms with Gasteiger partial charge in [-0.15, -0.1) is 0 Å². The quantitative estimate of drug-likeness (QED) is 0.812. The average Bonchev–Trinajstić information content (AvgIpc) is 2.97. The molecule has 2 aromatic carbocycles. The first-order chi connectivity index (χ1) is 10.1. The van der Waals surface area contributed by atoms with Crippen molar-refractivity contribution in [1.29, 1.82) is 0 Å². The Morgan fingerprint density at radius 3 is 2.43 bits per heavy atom. The van der Waals surface area contributed by atoms with Gasteiger partial charge in [0.25, 0.3) is 5.91 Å². The number of hydrogen-bond acceptors (Lipinski definition) is 1. The molecule has 1 aliphatic rings. The molecule has 21 heavy (non-hydrogen) atoms. The Kier molecular flexibility index (Phi) is 3.74. The highest BCUT2D eigenvalue weighted by atomic mass is 19.1. The summed E-state index contributed by atoms with van der Waals surface area (Å²) in [5, 5.41) is 0. The zero-order chi connectivity index (χ0) is 14.8. The molecule has 1 aliphatic heterocycles. The molecule has 1 amide bonds. The standard InChI is InChI=1S/C18H18FNO/c1-13-4-6-15(7-5-13)18(21)20-12-2-3-17(20)14-8-10-16(19)11-9-14/h4-11,17H,2-3,12H2,1H3/t17-/m0/s1. The largest absolute Gasteiger partial charge is 0.332 e. The van der Waals surface area contributed by atoms with Gasteiger partial charge in [-0.05, 0) is 49.6 Å². The topological polar surface area (TPSA) is 20.3 Å². The molecular formula is C18H18FNO. The molecule has 1 atom stereocenters. The summed E-state index contributed by atoms with van der Waals surface area (Å²) in [6, 6.07) is 14.2. The molecule has 0 unspecified atom stereocenters. The molecule has 2 aromatic rings. The second kappa shape index (κ2) is 5.68. The SMILES string of the molecule is Cc1ccc(C(=O)N2CCC[C@H]2c2ccc(F)cc2)cc1. The molecule has 1 fully saturated rings. The number of hydrogen-bond donors (Lipinski definition) is 0. The second-order valence-electron chi connectivity index (χ2n) is 5.57. The highest BCUT2D eigenvalue weighted by Gasteiger charge is 2.30. The lowest BCUT2D eigenvalue weighted by Gasteiger charge is -2.25. The van der Waals surface area contributed by atoms with Gasteiger partial charge in [-0.25, -0.2) is 4.39 Å². The van der Waals surface area contributed by atoms with Crippen LogP contribution >= 0.6 is 0 Å². The van der Waals surface area contributed by atoms with E-state index >= 15 is 0 Å². The van der Waals surface area contributed by atoms with Crippen molar-refractivity contribution in [3.05, 3.63) is 71.0 Å². The smallest absolute Gasteiger partial charge is 0.254 e. The number of aryl methyl sites for hydroxylation is 1. The van der Waals surface area contributed by atoms with Crippen molar-refractivity contribution in [2.45, 2.75) is 25.8 Å². The first-order valence-corrected chi connectivity index (χ1v) is 7.28. The molecule has 3 heteroatoms. The first-order valence-electron chi connectivity index (χ1n) is 7.28. The predicted octanol–water partition coefficient (Wildman–Crippen LogP) is 4.11. The Bertz CT molecular complexity index is 633. The van der Waals surface area contributed by atoms with Crippen molar-refractivity contribution in [2.24, 2.45) is 0 Å². The van der Waals surface area contributed by atoms with Gasteiger partial charge in [-0.1, -0.05) is 29.8 Å². The fraction of sp³-hybridized carbons (Fsp3) is 0.278. The molecule has 0 aliphatic carbocycles. The zero-order valence-electron chi connectivity index (χ0n) is 12.1. The summed E-state index contributed by atoms with van der Waals surface area (Å²) in [5.41, 5.74) is 2.87. The number of benzene rings is 2. The Morgan fingerprint density at radius 1 is 1.10 bits per heavy atom. The number of nitrogens with zero attached hydrogens (tertiary/aromatic N) is 1. The molecular weight excluding hydrogens is 265 g/mol. The van der Waals surface area contributed by atoms with Crippen LogP contribution < -0.4 is 0 Å². The molecule has 1 heterocycles. The van der Waals surface area contributed by atoms with Crippen LogP contribution in [0.4, 0.5) is 4.39 Å². The normalized spacial score (nSPS) is 18.0. The number of carbonyl (C=O) groups is 1. The number of rotatable bonds is 2. The fourth-order valence-electron chi connectivity index (χ4n) is 2.90. The van der Waals surface area contributed by atoms with E-state index in [4.69, 9.17) is 0 Å². The molecule has 0 bridgehead atoms. The lowest BCUT2D eigenvalue weighted by atomic mass is 10.0. The van der Waals surface area contributed by atoms with Gasteiger partial charge in [-0.2, -0.15) is 0 Å². The van der Waals surface area contributed by atoms with E-state index in [0.717, 1.165) is 36.1 Å². The summed E-state index contributed by atoms with van der Waals surface area (Å²) in [5.74, 6) is -0.185. The van der Waals surface area contributed by atoms with E-state index in [-0.39, 0.29) is 17.8 Å². The summed E-state index contributed by atoms with van der Waals surface area (Å²) in [6.45, 7) is 2.76.